The first-order valence-corrected chi connectivity index (χ1v) is 8.93. The molecule has 0 bridgehead atoms. The molecule has 2 heterocycles. The number of carbonyl (C=O) groups is 1. The number of Topliss-reactive ketones (excluding diaryl/α,β-unsaturated/α-hetero) is 1. The van der Waals surface area contributed by atoms with Crippen LogP contribution in [0.3, 0.4) is 0 Å². The molecule has 2 aliphatic heterocycles. The molecule has 5 rings (SSSR count). The number of ketones is 1. The molecule has 2 aliphatic rings. The average molecular weight is 375 g/mol. The van der Waals surface area contributed by atoms with Crippen molar-refractivity contribution in [2.24, 2.45) is 0 Å². The maximum absolute atomic E-state index is 13.4. The topological polar surface area (TPSA) is 66.0 Å². The van der Waals surface area contributed by atoms with E-state index in [2.05, 4.69) is 5.32 Å². The molecule has 0 saturated carbocycles. The van der Waals surface area contributed by atoms with Crippen LogP contribution in [0.1, 0.15) is 22.0 Å². The molecular formula is C22H17NO5. The first-order valence-electron chi connectivity index (χ1n) is 8.93. The Morgan fingerprint density at radius 2 is 1.39 bits per heavy atom. The number of hydrogen-bond donors (Lipinski definition) is 1. The van der Waals surface area contributed by atoms with Gasteiger partial charge in [0.25, 0.3) is 0 Å². The minimum atomic E-state index is -0.600. The van der Waals surface area contributed by atoms with Crippen LogP contribution in [0.4, 0.5) is 5.69 Å². The predicted octanol–water partition coefficient (Wildman–Crippen LogP) is 4.18. The first kappa shape index (κ1) is 16.5. The quantitative estimate of drug-likeness (QED) is 0.675. The highest BCUT2D eigenvalue weighted by Gasteiger charge is 2.26. The van der Waals surface area contributed by atoms with Crippen LogP contribution in [-0.4, -0.2) is 19.4 Å². The summed E-state index contributed by atoms with van der Waals surface area (Å²) in [4.78, 5) is 13.4. The highest BCUT2D eigenvalue weighted by molar-refractivity contribution is 6.02. The van der Waals surface area contributed by atoms with E-state index in [9.17, 15) is 4.79 Å². The van der Waals surface area contributed by atoms with Crippen molar-refractivity contribution < 1.29 is 23.7 Å². The predicted molar refractivity (Wildman–Crippen MR) is 102 cm³/mol. The molecule has 3 aromatic carbocycles. The van der Waals surface area contributed by atoms with Crippen LogP contribution in [0.15, 0.2) is 66.7 Å². The van der Waals surface area contributed by atoms with Crippen molar-refractivity contribution in [3.8, 4) is 23.0 Å². The van der Waals surface area contributed by atoms with E-state index in [1.54, 1.807) is 18.2 Å². The fourth-order valence-electron chi connectivity index (χ4n) is 3.31. The summed E-state index contributed by atoms with van der Waals surface area (Å²) in [5.41, 5.74) is 2.17. The van der Waals surface area contributed by atoms with Crippen LogP contribution in [0, 0.1) is 0 Å². The van der Waals surface area contributed by atoms with Gasteiger partial charge in [0.05, 0.1) is 0 Å². The maximum Gasteiger partial charge on any atom is 0.231 e. The molecule has 1 N–H and O–H groups in total. The Labute approximate surface area is 161 Å². The number of para-hydroxylation sites is 1. The lowest BCUT2D eigenvalue weighted by atomic mass is 9.96. The molecule has 140 valence electrons. The van der Waals surface area contributed by atoms with Crippen molar-refractivity contribution in [1.29, 1.82) is 0 Å². The Hall–Kier alpha value is -3.67. The Kier molecular flexibility index (Phi) is 4.01. The highest BCUT2D eigenvalue weighted by Crippen LogP contribution is 2.37. The second kappa shape index (κ2) is 6.81. The van der Waals surface area contributed by atoms with Gasteiger partial charge in [-0.05, 0) is 48.0 Å². The van der Waals surface area contributed by atoms with Gasteiger partial charge in [-0.1, -0.05) is 24.3 Å². The van der Waals surface area contributed by atoms with Gasteiger partial charge in [0.1, 0.15) is 6.04 Å². The maximum atomic E-state index is 13.4. The monoisotopic (exact) mass is 375 g/mol. The van der Waals surface area contributed by atoms with Gasteiger partial charge in [0.2, 0.25) is 13.6 Å². The first-order chi connectivity index (χ1) is 13.8. The van der Waals surface area contributed by atoms with Crippen molar-refractivity contribution in [3.63, 3.8) is 0 Å². The van der Waals surface area contributed by atoms with E-state index < -0.39 is 6.04 Å². The number of ether oxygens (including phenoxy) is 4. The van der Waals surface area contributed by atoms with Gasteiger partial charge in [-0.3, -0.25) is 4.79 Å². The Bertz CT molecular complexity index is 1030. The Balaban J connectivity index is 1.52. The van der Waals surface area contributed by atoms with E-state index in [4.69, 9.17) is 18.9 Å². The SMILES string of the molecule is O=C(c1ccc2c(c1)OCO2)C(Nc1ccccc1)c1ccc2c(c1)OCO2. The number of hydrogen-bond acceptors (Lipinski definition) is 6. The molecule has 1 atom stereocenters. The van der Waals surface area contributed by atoms with Gasteiger partial charge < -0.3 is 24.3 Å². The van der Waals surface area contributed by atoms with Gasteiger partial charge >= 0.3 is 0 Å². The highest BCUT2D eigenvalue weighted by atomic mass is 16.7. The van der Waals surface area contributed by atoms with E-state index in [0.717, 1.165) is 11.3 Å². The van der Waals surface area contributed by atoms with Crippen LogP contribution in [0.25, 0.3) is 0 Å². The average Bonchev–Trinajstić information content (AvgIpc) is 3.40. The lowest BCUT2D eigenvalue weighted by Gasteiger charge is -2.20. The molecular weight excluding hydrogens is 358 g/mol. The molecule has 0 radical (unpaired) electrons. The molecule has 6 nitrogen and oxygen atoms in total. The number of nitrogens with one attached hydrogen (secondary N) is 1. The largest absolute Gasteiger partial charge is 0.454 e. The normalized spacial score (nSPS) is 14.6. The second-order valence-corrected chi connectivity index (χ2v) is 6.49. The number of benzene rings is 3. The molecule has 0 aliphatic carbocycles. The molecule has 0 amide bonds. The summed E-state index contributed by atoms with van der Waals surface area (Å²) in [7, 11) is 0. The number of anilines is 1. The van der Waals surface area contributed by atoms with E-state index in [-0.39, 0.29) is 19.4 Å². The zero-order chi connectivity index (χ0) is 18.9. The van der Waals surface area contributed by atoms with Crippen molar-refractivity contribution in [3.05, 3.63) is 77.9 Å². The van der Waals surface area contributed by atoms with Gasteiger partial charge in [0.15, 0.2) is 28.8 Å². The molecule has 28 heavy (non-hydrogen) atoms. The lowest BCUT2D eigenvalue weighted by Crippen LogP contribution is -2.21. The minimum Gasteiger partial charge on any atom is -0.454 e. The standard InChI is InChI=1S/C22H17NO5/c24-22(15-7-9-18-20(11-15)28-13-26-18)21(23-16-4-2-1-3-5-16)14-6-8-17-19(10-14)27-12-25-17/h1-11,21,23H,12-13H2. The smallest absolute Gasteiger partial charge is 0.231 e. The zero-order valence-electron chi connectivity index (χ0n) is 14.9. The molecule has 1 unspecified atom stereocenters. The number of carbonyl (C=O) groups excluding carboxylic acids is 1. The molecule has 0 aromatic heterocycles. The van der Waals surface area contributed by atoms with E-state index >= 15 is 0 Å². The van der Waals surface area contributed by atoms with E-state index in [1.807, 2.05) is 48.5 Å². The Morgan fingerprint density at radius 1 is 0.750 bits per heavy atom. The van der Waals surface area contributed by atoms with Gasteiger partial charge in [-0.2, -0.15) is 0 Å². The summed E-state index contributed by atoms with van der Waals surface area (Å²) in [6.45, 7) is 0.354. The summed E-state index contributed by atoms with van der Waals surface area (Å²) >= 11 is 0. The van der Waals surface area contributed by atoms with Gasteiger partial charge in [-0.25, -0.2) is 0 Å². The van der Waals surface area contributed by atoms with Crippen molar-refractivity contribution >= 4 is 11.5 Å². The van der Waals surface area contributed by atoms with Crippen LogP contribution in [-0.2, 0) is 0 Å². The molecule has 6 heteroatoms. The van der Waals surface area contributed by atoms with Gasteiger partial charge in [0, 0.05) is 11.3 Å². The fraction of sp³-hybridized carbons (Fsp3) is 0.136. The summed E-state index contributed by atoms with van der Waals surface area (Å²) in [5, 5.41) is 3.33. The summed E-state index contributed by atoms with van der Waals surface area (Å²) < 4.78 is 21.6. The van der Waals surface area contributed by atoms with Crippen LogP contribution in [0.5, 0.6) is 23.0 Å². The molecule has 0 saturated heterocycles. The Morgan fingerprint density at radius 3 is 2.14 bits per heavy atom. The third-order valence-electron chi connectivity index (χ3n) is 4.73. The van der Waals surface area contributed by atoms with Crippen LogP contribution < -0.4 is 24.3 Å². The number of rotatable bonds is 5. The third kappa shape index (κ3) is 2.99. The molecule has 3 aromatic rings. The molecule has 0 fully saturated rings. The van der Waals surface area contributed by atoms with Gasteiger partial charge in [-0.15, -0.1) is 0 Å². The fourth-order valence-corrected chi connectivity index (χ4v) is 3.31. The molecule has 0 spiro atoms. The zero-order valence-corrected chi connectivity index (χ0v) is 14.9. The van der Waals surface area contributed by atoms with Crippen LogP contribution >= 0.6 is 0 Å². The van der Waals surface area contributed by atoms with Crippen molar-refractivity contribution in [1.82, 2.24) is 0 Å². The van der Waals surface area contributed by atoms with Crippen molar-refractivity contribution in [2.75, 3.05) is 18.9 Å². The third-order valence-corrected chi connectivity index (χ3v) is 4.73. The number of fused-ring (bicyclic) bond motifs is 2. The summed E-state index contributed by atoms with van der Waals surface area (Å²) in [6.07, 6.45) is 0. The minimum absolute atomic E-state index is 0.0824. The van der Waals surface area contributed by atoms with Crippen molar-refractivity contribution in [2.45, 2.75) is 6.04 Å². The summed E-state index contributed by atoms with van der Waals surface area (Å²) in [5.74, 6) is 2.46. The summed E-state index contributed by atoms with van der Waals surface area (Å²) in [6, 6.07) is 19.8. The van der Waals surface area contributed by atoms with E-state index in [0.29, 0.717) is 28.6 Å². The second-order valence-electron chi connectivity index (χ2n) is 6.49. The van der Waals surface area contributed by atoms with E-state index in [1.165, 1.54) is 0 Å². The van der Waals surface area contributed by atoms with Crippen LogP contribution in [0.2, 0.25) is 0 Å². The lowest BCUT2D eigenvalue weighted by molar-refractivity contribution is 0.0969.